The number of para-hydroxylation sites is 1. The molecule has 27 heavy (non-hydrogen) atoms. The Morgan fingerprint density at radius 3 is 2.37 bits per heavy atom. The molecule has 0 bridgehead atoms. The number of carbonyl (C=O) groups excluding carboxylic acids is 1. The number of carbonyl (C=O) groups is 1. The van der Waals surface area contributed by atoms with Crippen LogP contribution in [0.15, 0.2) is 53.4 Å². The summed E-state index contributed by atoms with van der Waals surface area (Å²) in [5.41, 5.74) is 1.28. The van der Waals surface area contributed by atoms with E-state index in [9.17, 15) is 13.2 Å². The van der Waals surface area contributed by atoms with Gasteiger partial charge in [0.05, 0.1) is 17.6 Å². The van der Waals surface area contributed by atoms with Crippen molar-refractivity contribution in [2.45, 2.75) is 24.3 Å². The van der Waals surface area contributed by atoms with Crippen LogP contribution in [0.2, 0.25) is 0 Å². The lowest BCUT2D eigenvalue weighted by Gasteiger charge is -2.20. The summed E-state index contributed by atoms with van der Waals surface area (Å²) in [7, 11) is -1.84. The van der Waals surface area contributed by atoms with Crippen molar-refractivity contribution >= 4 is 39.1 Å². The molecule has 1 atom stereocenters. The number of amides is 1. The first-order chi connectivity index (χ1) is 12.8. The van der Waals surface area contributed by atoms with E-state index in [-0.39, 0.29) is 5.91 Å². The molecule has 0 aliphatic rings. The molecule has 146 valence electrons. The summed E-state index contributed by atoms with van der Waals surface area (Å²) in [6.45, 7) is 1.87. The van der Waals surface area contributed by atoms with E-state index < -0.39 is 16.1 Å². The van der Waals surface area contributed by atoms with Gasteiger partial charge in [-0.3, -0.25) is 9.10 Å². The van der Waals surface area contributed by atoms with Gasteiger partial charge in [0.1, 0.15) is 5.75 Å². The van der Waals surface area contributed by atoms with Gasteiger partial charge in [0.25, 0.3) is 5.91 Å². The summed E-state index contributed by atoms with van der Waals surface area (Å²) in [5, 5.41) is 2.91. The van der Waals surface area contributed by atoms with Crippen LogP contribution in [0.3, 0.4) is 0 Å². The van der Waals surface area contributed by atoms with Gasteiger partial charge in [0.15, 0.2) is 6.10 Å². The van der Waals surface area contributed by atoms with Crippen molar-refractivity contribution in [2.24, 2.45) is 0 Å². The molecule has 0 spiro atoms. The zero-order valence-corrected chi connectivity index (χ0v) is 17.4. The van der Waals surface area contributed by atoms with Crippen LogP contribution in [0.25, 0.3) is 0 Å². The van der Waals surface area contributed by atoms with E-state index in [4.69, 9.17) is 4.74 Å². The second-order valence-electron chi connectivity index (χ2n) is 5.93. The number of nitrogens with one attached hydrogen (secondary N) is 1. The molecule has 0 saturated heterocycles. The summed E-state index contributed by atoms with van der Waals surface area (Å²) in [4.78, 5) is 13.6. The van der Waals surface area contributed by atoms with Gasteiger partial charge in [-0.15, -0.1) is 11.8 Å². The number of ether oxygens (including phenoxy) is 1. The highest BCUT2D eigenvalue weighted by molar-refractivity contribution is 7.98. The number of thioether (sulfide) groups is 1. The van der Waals surface area contributed by atoms with E-state index in [0.717, 1.165) is 16.8 Å². The molecule has 2 aromatic carbocycles. The number of sulfonamides is 1. The molecule has 1 amide bonds. The Morgan fingerprint density at radius 1 is 1.19 bits per heavy atom. The van der Waals surface area contributed by atoms with Gasteiger partial charge >= 0.3 is 0 Å². The number of nitrogens with zero attached hydrogens (tertiary/aromatic N) is 1. The molecule has 0 fully saturated rings. The summed E-state index contributed by atoms with van der Waals surface area (Å²) in [6, 6.07) is 14.2. The van der Waals surface area contributed by atoms with Crippen molar-refractivity contribution in [1.29, 1.82) is 0 Å². The van der Waals surface area contributed by atoms with E-state index in [1.54, 1.807) is 36.0 Å². The van der Waals surface area contributed by atoms with Gasteiger partial charge in [0.2, 0.25) is 10.0 Å². The fourth-order valence-electron chi connectivity index (χ4n) is 2.37. The van der Waals surface area contributed by atoms with Crippen molar-refractivity contribution in [3.8, 4) is 5.75 Å². The van der Waals surface area contributed by atoms with Crippen LogP contribution in [0.1, 0.15) is 13.3 Å². The third kappa shape index (κ3) is 5.64. The average Bonchev–Trinajstić information content (AvgIpc) is 2.65. The fraction of sp³-hybridized carbons (Fsp3) is 0.316. The summed E-state index contributed by atoms with van der Waals surface area (Å²) in [5.74, 6) is 0.275. The lowest BCUT2D eigenvalue weighted by Crippen LogP contribution is -2.32. The molecule has 0 radical (unpaired) electrons. The van der Waals surface area contributed by atoms with Crippen LogP contribution in [0.4, 0.5) is 11.4 Å². The molecule has 2 rings (SSSR count). The first kappa shape index (κ1) is 21.1. The van der Waals surface area contributed by atoms with Crippen LogP contribution in [0.5, 0.6) is 5.75 Å². The quantitative estimate of drug-likeness (QED) is 0.676. The first-order valence-corrected chi connectivity index (χ1v) is 11.5. The van der Waals surface area contributed by atoms with Crippen LogP contribution in [-0.2, 0) is 14.8 Å². The molecule has 0 unspecified atom stereocenters. The van der Waals surface area contributed by atoms with Crippen LogP contribution in [-0.4, -0.2) is 40.0 Å². The molecule has 6 nitrogen and oxygen atoms in total. The van der Waals surface area contributed by atoms with Crippen molar-refractivity contribution in [1.82, 2.24) is 0 Å². The molecule has 1 N–H and O–H groups in total. The minimum absolute atomic E-state index is 0.226. The smallest absolute Gasteiger partial charge is 0.265 e. The molecule has 0 aliphatic carbocycles. The fourth-order valence-corrected chi connectivity index (χ4v) is 3.43. The van der Waals surface area contributed by atoms with Crippen molar-refractivity contribution in [3.05, 3.63) is 48.5 Å². The van der Waals surface area contributed by atoms with Crippen LogP contribution < -0.4 is 14.4 Å². The van der Waals surface area contributed by atoms with Gasteiger partial charge in [-0.25, -0.2) is 8.42 Å². The highest BCUT2D eigenvalue weighted by Crippen LogP contribution is 2.26. The lowest BCUT2D eigenvalue weighted by molar-refractivity contribution is -0.122. The Labute approximate surface area is 165 Å². The van der Waals surface area contributed by atoms with Gasteiger partial charge in [-0.1, -0.05) is 19.1 Å². The minimum Gasteiger partial charge on any atom is -0.481 e. The van der Waals surface area contributed by atoms with Crippen molar-refractivity contribution < 1.29 is 17.9 Å². The average molecular weight is 409 g/mol. The van der Waals surface area contributed by atoms with Crippen LogP contribution >= 0.6 is 11.8 Å². The standard InChI is InChI=1S/C19H24N2O4S2/c1-5-17(19(22)20-16-8-6-7-9-18(16)26-3)25-15-12-10-14(11-13-15)21(2)27(4,23)24/h6-13,17H,5H2,1-4H3,(H,20,22)/t17-/m0/s1. The number of hydrogen-bond donors (Lipinski definition) is 1. The Morgan fingerprint density at radius 2 is 1.81 bits per heavy atom. The SMILES string of the molecule is CC[C@H](Oc1ccc(N(C)S(C)(=O)=O)cc1)C(=O)Nc1ccccc1SC. The Balaban J connectivity index is 2.09. The maximum Gasteiger partial charge on any atom is 0.265 e. The third-order valence-electron chi connectivity index (χ3n) is 4.00. The summed E-state index contributed by atoms with van der Waals surface area (Å²) in [6.07, 6.45) is 2.94. The maximum absolute atomic E-state index is 12.6. The molecule has 0 aromatic heterocycles. The van der Waals surface area contributed by atoms with E-state index in [0.29, 0.717) is 17.9 Å². The molecule has 8 heteroatoms. The van der Waals surface area contributed by atoms with Crippen LogP contribution in [0, 0.1) is 0 Å². The number of rotatable bonds is 8. The van der Waals surface area contributed by atoms with E-state index in [1.165, 1.54) is 11.4 Å². The molecular formula is C19H24N2O4S2. The molecule has 0 aliphatic heterocycles. The first-order valence-electron chi connectivity index (χ1n) is 8.40. The van der Waals surface area contributed by atoms with Crippen molar-refractivity contribution in [3.63, 3.8) is 0 Å². The highest BCUT2D eigenvalue weighted by atomic mass is 32.2. The van der Waals surface area contributed by atoms with E-state index in [1.807, 2.05) is 37.4 Å². The predicted octanol–water partition coefficient (Wildman–Crippen LogP) is 3.60. The molecular weight excluding hydrogens is 384 g/mol. The second-order valence-corrected chi connectivity index (χ2v) is 8.79. The van der Waals surface area contributed by atoms with Crippen molar-refractivity contribution in [2.75, 3.05) is 29.2 Å². The zero-order valence-electron chi connectivity index (χ0n) is 15.8. The molecule has 0 heterocycles. The maximum atomic E-state index is 12.6. The van der Waals surface area contributed by atoms with Gasteiger partial charge < -0.3 is 10.1 Å². The second kappa shape index (κ2) is 9.14. The predicted molar refractivity (Wildman–Crippen MR) is 111 cm³/mol. The number of anilines is 2. The van der Waals surface area contributed by atoms with Gasteiger partial charge in [0, 0.05) is 11.9 Å². The summed E-state index contributed by atoms with van der Waals surface area (Å²) >= 11 is 1.56. The third-order valence-corrected chi connectivity index (χ3v) is 6.01. The highest BCUT2D eigenvalue weighted by Gasteiger charge is 2.20. The van der Waals surface area contributed by atoms with Gasteiger partial charge in [-0.05, 0) is 49.1 Å². The Kier molecular flexibility index (Phi) is 7.15. The monoisotopic (exact) mass is 408 g/mol. The zero-order chi connectivity index (χ0) is 20.0. The number of hydrogen-bond acceptors (Lipinski definition) is 5. The minimum atomic E-state index is -3.32. The molecule has 2 aromatic rings. The lowest BCUT2D eigenvalue weighted by atomic mass is 10.2. The molecule has 0 saturated carbocycles. The number of benzene rings is 2. The van der Waals surface area contributed by atoms with Gasteiger partial charge in [-0.2, -0.15) is 0 Å². The Hall–Kier alpha value is -2.19. The van der Waals surface area contributed by atoms with E-state index in [2.05, 4.69) is 5.32 Å². The normalized spacial score (nSPS) is 12.3. The van der Waals surface area contributed by atoms with E-state index >= 15 is 0 Å². The Bertz CT molecular complexity index is 883. The topological polar surface area (TPSA) is 75.7 Å². The largest absolute Gasteiger partial charge is 0.481 e. The summed E-state index contributed by atoms with van der Waals surface area (Å²) < 4.78 is 30.2.